The van der Waals surface area contributed by atoms with E-state index < -0.39 is 11.7 Å². The van der Waals surface area contributed by atoms with Crippen molar-refractivity contribution in [2.75, 3.05) is 37.6 Å². The van der Waals surface area contributed by atoms with Crippen LogP contribution in [0.4, 0.5) is 10.2 Å². The summed E-state index contributed by atoms with van der Waals surface area (Å²) >= 11 is 0. The Morgan fingerprint density at radius 3 is 2.50 bits per heavy atom. The van der Waals surface area contributed by atoms with Crippen molar-refractivity contribution in [3.63, 3.8) is 0 Å². The van der Waals surface area contributed by atoms with Gasteiger partial charge in [0.1, 0.15) is 18.1 Å². The standard InChI is InChI=1S/C29H28FN5O3/c30-24-10-4-9-23(19-24)29(37)35(20-25-11-5-18-38-25)21-28(36)34-15-6-14-33(16-17-34)27-13-12-26(31-32-27)22-7-2-1-3-8-22/h1-5,7-13,18-19H,6,14-17,20-21H2. The lowest BCUT2D eigenvalue weighted by molar-refractivity contribution is -0.131. The molecule has 8 nitrogen and oxygen atoms in total. The molecule has 5 rings (SSSR count). The molecule has 1 fully saturated rings. The van der Waals surface area contributed by atoms with Crippen molar-refractivity contribution < 1.29 is 18.4 Å². The van der Waals surface area contributed by atoms with Crippen LogP contribution in [0.5, 0.6) is 0 Å². The minimum absolute atomic E-state index is 0.109. The molecule has 4 aromatic rings. The number of aromatic nitrogens is 2. The summed E-state index contributed by atoms with van der Waals surface area (Å²) in [5.41, 5.74) is 2.00. The molecule has 2 aromatic carbocycles. The average Bonchev–Trinajstić information content (AvgIpc) is 3.34. The van der Waals surface area contributed by atoms with Crippen LogP contribution in [0.25, 0.3) is 11.3 Å². The second kappa shape index (κ2) is 11.7. The van der Waals surface area contributed by atoms with Crippen LogP contribution in [0.15, 0.2) is 89.5 Å². The molecule has 2 aromatic heterocycles. The highest BCUT2D eigenvalue weighted by molar-refractivity contribution is 5.96. The van der Waals surface area contributed by atoms with E-state index in [1.807, 2.05) is 42.5 Å². The summed E-state index contributed by atoms with van der Waals surface area (Å²) in [6.07, 6.45) is 2.27. The zero-order chi connectivity index (χ0) is 26.3. The highest BCUT2D eigenvalue weighted by Crippen LogP contribution is 2.20. The van der Waals surface area contributed by atoms with Gasteiger partial charge in [-0.25, -0.2) is 4.39 Å². The molecule has 0 aliphatic carbocycles. The lowest BCUT2D eigenvalue weighted by Crippen LogP contribution is -2.44. The molecule has 38 heavy (non-hydrogen) atoms. The third-order valence-electron chi connectivity index (χ3n) is 6.50. The summed E-state index contributed by atoms with van der Waals surface area (Å²) < 4.78 is 19.2. The van der Waals surface area contributed by atoms with Crippen molar-refractivity contribution in [3.05, 3.63) is 102 Å². The molecule has 194 valence electrons. The summed E-state index contributed by atoms with van der Waals surface area (Å²) in [7, 11) is 0. The first kappa shape index (κ1) is 25.1. The number of hydrogen-bond donors (Lipinski definition) is 0. The molecule has 0 bridgehead atoms. The van der Waals surface area contributed by atoms with E-state index in [0.29, 0.717) is 25.4 Å². The van der Waals surface area contributed by atoms with Crippen LogP contribution in [0.1, 0.15) is 22.5 Å². The predicted molar refractivity (Wildman–Crippen MR) is 141 cm³/mol. The Balaban J connectivity index is 1.24. The van der Waals surface area contributed by atoms with Gasteiger partial charge in [-0.2, -0.15) is 0 Å². The van der Waals surface area contributed by atoms with Crippen molar-refractivity contribution >= 4 is 17.6 Å². The molecule has 1 aliphatic heterocycles. The van der Waals surface area contributed by atoms with Crippen molar-refractivity contribution in [3.8, 4) is 11.3 Å². The Morgan fingerprint density at radius 1 is 0.895 bits per heavy atom. The first-order valence-corrected chi connectivity index (χ1v) is 12.6. The molecule has 3 heterocycles. The molecule has 1 aliphatic rings. The lowest BCUT2D eigenvalue weighted by Gasteiger charge is -2.27. The van der Waals surface area contributed by atoms with Gasteiger partial charge in [-0.05, 0) is 48.9 Å². The highest BCUT2D eigenvalue weighted by Gasteiger charge is 2.25. The maximum absolute atomic E-state index is 13.8. The van der Waals surface area contributed by atoms with Crippen LogP contribution in [-0.4, -0.2) is 64.5 Å². The fourth-order valence-corrected chi connectivity index (χ4v) is 4.51. The minimum Gasteiger partial charge on any atom is -0.467 e. The Hall–Kier alpha value is -4.53. The normalized spacial score (nSPS) is 13.7. The first-order valence-electron chi connectivity index (χ1n) is 12.6. The molecule has 0 atom stereocenters. The van der Waals surface area contributed by atoms with Crippen LogP contribution in [0.2, 0.25) is 0 Å². The van der Waals surface area contributed by atoms with E-state index in [9.17, 15) is 14.0 Å². The van der Waals surface area contributed by atoms with E-state index in [1.165, 1.54) is 29.4 Å². The number of halogens is 1. The fourth-order valence-electron chi connectivity index (χ4n) is 4.51. The second-order valence-electron chi connectivity index (χ2n) is 9.12. The van der Waals surface area contributed by atoms with Gasteiger partial charge in [-0.3, -0.25) is 9.59 Å². The molecular formula is C29H28FN5O3. The molecule has 1 saturated heterocycles. The smallest absolute Gasteiger partial charge is 0.254 e. The van der Waals surface area contributed by atoms with Crippen molar-refractivity contribution in [2.24, 2.45) is 0 Å². The van der Waals surface area contributed by atoms with Gasteiger partial charge in [0.15, 0.2) is 5.82 Å². The number of carbonyl (C=O) groups is 2. The third-order valence-corrected chi connectivity index (χ3v) is 6.50. The number of benzene rings is 2. The van der Waals surface area contributed by atoms with Crippen LogP contribution in [-0.2, 0) is 11.3 Å². The maximum atomic E-state index is 13.8. The minimum atomic E-state index is -0.507. The number of anilines is 1. The monoisotopic (exact) mass is 513 g/mol. The number of rotatable bonds is 7. The van der Waals surface area contributed by atoms with E-state index >= 15 is 0 Å². The van der Waals surface area contributed by atoms with Crippen molar-refractivity contribution in [1.82, 2.24) is 20.0 Å². The molecule has 0 saturated carbocycles. The summed E-state index contributed by atoms with van der Waals surface area (Å²) in [5, 5.41) is 8.81. The Bertz CT molecular complexity index is 1360. The molecule has 0 unspecified atom stereocenters. The predicted octanol–water partition coefficient (Wildman–Crippen LogP) is 4.26. The summed E-state index contributed by atoms with van der Waals surface area (Å²) in [4.78, 5) is 31.8. The van der Waals surface area contributed by atoms with Gasteiger partial charge in [0.25, 0.3) is 5.91 Å². The fraction of sp³-hybridized carbons (Fsp3) is 0.241. The molecule has 0 N–H and O–H groups in total. The molecular weight excluding hydrogens is 485 g/mol. The summed E-state index contributed by atoms with van der Waals surface area (Å²) in [6, 6.07) is 22.7. The lowest BCUT2D eigenvalue weighted by atomic mass is 10.1. The average molecular weight is 514 g/mol. The third kappa shape index (κ3) is 6.05. The summed E-state index contributed by atoms with van der Waals surface area (Å²) in [5.74, 6) is 0.197. The number of nitrogens with zero attached hydrogens (tertiary/aromatic N) is 5. The first-order chi connectivity index (χ1) is 18.6. The number of carbonyl (C=O) groups excluding carboxylic acids is 2. The Morgan fingerprint density at radius 2 is 1.76 bits per heavy atom. The SMILES string of the molecule is O=C(CN(Cc1ccco1)C(=O)c1cccc(F)c1)N1CCCN(c2ccc(-c3ccccc3)nn2)CC1. The van der Waals surface area contributed by atoms with Gasteiger partial charge in [-0.15, -0.1) is 10.2 Å². The van der Waals surface area contributed by atoms with Gasteiger partial charge < -0.3 is 19.1 Å². The van der Waals surface area contributed by atoms with Crippen molar-refractivity contribution in [1.29, 1.82) is 0 Å². The van der Waals surface area contributed by atoms with Crippen LogP contribution < -0.4 is 4.90 Å². The molecule has 9 heteroatoms. The summed E-state index contributed by atoms with van der Waals surface area (Å²) in [6.45, 7) is 2.36. The van der Waals surface area contributed by atoms with Gasteiger partial charge >= 0.3 is 0 Å². The van der Waals surface area contributed by atoms with Gasteiger partial charge in [0.2, 0.25) is 5.91 Å². The zero-order valence-electron chi connectivity index (χ0n) is 20.9. The van der Waals surface area contributed by atoms with Gasteiger partial charge in [0, 0.05) is 37.3 Å². The van der Waals surface area contributed by atoms with Gasteiger partial charge in [0.05, 0.1) is 18.5 Å². The maximum Gasteiger partial charge on any atom is 0.254 e. The molecule has 2 amide bonds. The van der Waals surface area contributed by atoms with Crippen LogP contribution in [0.3, 0.4) is 0 Å². The highest BCUT2D eigenvalue weighted by atomic mass is 19.1. The number of hydrogen-bond acceptors (Lipinski definition) is 6. The van der Waals surface area contributed by atoms with E-state index in [2.05, 4.69) is 15.1 Å². The Labute approximate surface area is 220 Å². The van der Waals surface area contributed by atoms with Gasteiger partial charge in [-0.1, -0.05) is 36.4 Å². The van der Waals surface area contributed by atoms with Crippen LogP contribution >= 0.6 is 0 Å². The van der Waals surface area contributed by atoms with E-state index in [1.54, 1.807) is 23.1 Å². The molecule has 0 radical (unpaired) electrons. The quantitative estimate of drug-likeness (QED) is 0.367. The second-order valence-corrected chi connectivity index (χ2v) is 9.12. The van der Waals surface area contributed by atoms with E-state index in [0.717, 1.165) is 30.0 Å². The number of amides is 2. The topological polar surface area (TPSA) is 82.8 Å². The number of furan rings is 1. The Kier molecular flexibility index (Phi) is 7.73. The zero-order valence-corrected chi connectivity index (χ0v) is 20.9. The van der Waals surface area contributed by atoms with Crippen molar-refractivity contribution in [2.45, 2.75) is 13.0 Å². The van der Waals surface area contributed by atoms with Crippen LogP contribution in [0, 0.1) is 5.82 Å². The molecule has 0 spiro atoms. The largest absolute Gasteiger partial charge is 0.467 e. The van der Waals surface area contributed by atoms with E-state index in [4.69, 9.17) is 4.42 Å². The van der Waals surface area contributed by atoms with E-state index in [-0.39, 0.29) is 24.6 Å².